The van der Waals surface area contributed by atoms with E-state index in [-0.39, 0.29) is 0 Å². The number of ether oxygens (including phenoxy) is 2. The molecule has 4 nitrogen and oxygen atoms in total. The molecule has 0 spiro atoms. The summed E-state index contributed by atoms with van der Waals surface area (Å²) in [6.45, 7) is 2.35. The van der Waals surface area contributed by atoms with E-state index in [2.05, 4.69) is 9.47 Å². The van der Waals surface area contributed by atoms with Crippen molar-refractivity contribution in [1.29, 1.82) is 0 Å². The second kappa shape index (κ2) is 3.37. The summed E-state index contributed by atoms with van der Waals surface area (Å²) in [6.07, 6.45) is 0.456. The van der Waals surface area contributed by atoms with Crippen molar-refractivity contribution >= 4 is 11.9 Å². The van der Waals surface area contributed by atoms with Gasteiger partial charge in [-0.2, -0.15) is 0 Å². The average molecular weight is 158 g/mol. The highest BCUT2D eigenvalue weighted by molar-refractivity contribution is 5.95. The maximum Gasteiger partial charge on any atom is 0.320 e. The highest BCUT2D eigenvalue weighted by Gasteiger charge is 2.34. The molecule has 1 rings (SSSR count). The lowest BCUT2D eigenvalue weighted by molar-refractivity contribution is -0.155. The molecule has 0 aromatic heterocycles. The molecular weight excluding hydrogens is 148 g/mol. The zero-order valence-corrected chi connectivity index (χ0v) is 6.33. The van der Waals surface area contributed by atoms with Crippen LogP contribution in [0.1, 0.15) is 13.3 Å². The van der Waals surface area contributed by atoms with Gasteiger partial charge in [-0.3, -0.25) is 9.59 Å². The molecule has 0 aliphatic carbocycles. The number of hydrogen-bond acceptors (Lipinski definition) is 4. The molecule has 1 heterocycles. The summed E-state index contributed by atoms with van der Waals surface area (Å²) in [4.78, 5) is 21.7. The molecule has 0 N–H and O–H groups in total. The molecule has 0 aromatic rings. The van der Waals surface area contributed by atoms with Gasteiger partial charge in [-0.15, -0.1) is 0 Å². The molecule has 4 heteroatoms. The molecule has 0 unspecified atom stereocenters. The highest BCUT2D eigenvalue weighted by Crippen LogP contribution is 2.15. The third-order valence-corrected chi connectivity index (χ3v) is 1.51. The Morgan fingerprint density at radius 3 is 3.00 bits per heavy atom. The van der Waals surface area contributed by atoms with E-state index in [1.54, 1.807) is 6.92 Å². The Labute approximate surface area is 64.5 Å². The minimum Gasteiger partial charge on any atom is -0.465 e. The van der Waals surface area contributed by atoms with Gasteiger partial charge in [0.05, 0.1) is 13.2 Å². The first-order valence-corrected chi connectivity index (χ1v) is 3.59. The highest BCUT2D eigenvalue weighted by atomic mass is 16.6. The van der Waals surface area contributed by atoms with Gasteiger partial charge in [-0.05, 0) is 6.92 Å². The van der Waals surface area contributed by atoms with Crippen LogP contribution in [-0.4, -0.2) is 25.2 Å². The Bertz CT molecular complexity index is 175. The Morgan fingerprint density at radius 2 is 2.55 bits per heavy atom. The minimum atomic E-state index is -0.671. The van der Waals surface area contributed by atoms with Gasteiger partial charge in [0.2, 0.25) is 0 Å². The van der Waals surface area contributed by atoms with Crippen LogP contribution in [0.15, 0.2) is 0 Å². The van der Waals surface area contributed by atoms with Crippen LogP contribution in [0.3, 0.4) is 0 Å². The summed E-state index contributed by atoms with van der Waals surface area (Å²) < 4.78 is 9.25. The fourth-order valence-electron chi connectivity index (χ4n) is 0.953. The largest absolute Gasteiger partial charge is 0.465 e. The first-order chi connectivity index (χ1) is 5.25. The zero-order valence-electron chi connectivity index (χ0n) is 6.33. The molecule has 0 radical (unpaired) electrons. The van der Waals surface area contributed by atoms with Crippen LogP contribution in [0.4, 0.5) is 0 Å². The van der Waals surface area contributed by atoms with E-state index in [1.807, 2.05) is 0 Å². The minimum absolute atomic E-state index is 0.308. The van der Waals surface area contributed by atoms with Gasteiger partial charge in [0.15, 0.2) is 5.92 Å². The lowest BCUT2D eigenvalue weighted by Gasteiger charge is -2.03. The molecular formula is C7H10O4. The fourth-order valence-corrected chi connectivity index (χ4v) is 0.953. The number of carbonyl (C=O) groups is 2. The second-order valence-corrected chi connectivity index (χ2v) is 2.26. The summed E-state index contributed by atoms with van der Waals surface area (Å²) >= 11 is 0. The third-order valence-electron chi connectivity index (χ3n) is 1.51. The van der Waals surface area contributed by atoms with Crippen molar-refractivity contribution in [3.63, 3.8) is 0 Å². The van der Waals surface area contributed by atoms with Crippen molar-refractivity contribution in [3.8, 4) is 0 Å². The fraction of sp³-hybridized carbons (Fsp3) is 0.714. The monoisotopic (exact) mass is 158 g/mol. The lowest BCUT2D eigenvalue weighted by atomic mass is 10.1. The number of rotatable bonds is 2. The van der Waals surface area contributed by atoms with Crippen molar-refractivity contribution in [3.05, 3.63) is 0 Å². The SMILES string of the molecule is CCOC(=O)[C@H]1CCOC1=O. The van der Waals surface area contributed by atoms with Crippen molar-refractivity contribution in [2.45, 2.75) is 13.3 Å². The van der Waals surface area contributed by atoms with Crippen LogP contribution >= 0.6 is 0 Å². The van der Waals surface area contributed by atoms with Crippen LogP contribution < -0.4 is 0 Å². The number of esters is 2. The van der Waals surface area contributed by atoms with Crippen LogP contribution in [0.25, 0.3) is 0 Å². The van der Waals surface area contributed by atoms with Crippen molar-refractivity contribution in [2.75, 3.05) is 13.2 Å². The van der Waals surface area contributed by atoms with Gasteiger partial charge in [-0.1, -0.05) is 0 Å². The molecule has 0 amide bonds. The van der Waals surface area contributed by atoms with E-state index < -0.39 is 17.9 Å². The molecule has 1 atom stereocenters. The molecule has 11 heavy (non-hydrogen) atoms. The summed E-state index contributed by atoms with van der Waals surface area (Å²) in [5.41, 5.74) is 0. The smallest absolute Gasteiger partial charge is 0.320 e. The Balaban J connectivity index is 2.46. The quantitative estimate of drug-likeness (QED) is 0.423. The number of carbonyl (C=O) groups excluding carboxylic acids is 2. The van der Waals surface area contributed by atoms with E-state index in [9.17, 15) is 9.59 Å². The maximum atomic E-state index is 10.9. The molecule has 1 fully saturated rings. The van der Waals surface area contributed by atoms with E-state index >= 15 is 0 Å². The van der Waals surface area contributed by atoms with E-state index in [4.69, 9.17) is 0 Å². The van der Waals surface area contributed by atoms with E-state index in [1.165, 1.54) is 0 Å². The Morgan fingerprint density at radius 1 is 1.82 bits per heavy atom. The van der Waals surface area contributed by atoms with Gasteiger partial charge in [0.1, 0.15) is 0 Å². The third kappa shape index (κ3) is 1.69. The topological polar surface area (TPSA) is 52.6 Å². The summed E-state index contributed by atoms with van der Waals surface area (Å²) in [5, 5.41) is 0. The van der Waals surface area contributed by atoms with Gasteiger partial charge in [0.25, 0.3) is 0 Å². The van der Waals surface area contributed by atoms with Gasteiger partial charge < -0.3 is 9.47 Å². The van der Waals surface area contributed by atoms with Gasteiger partial charge >= 0.3 is 11.9 Å². The first-order valence-electron chi connectivity index (χ1n) is 3.59. The lowest BCUT2D eigenvalue weighted by Crippen LogP contribution is -2.21. The molecule has 0 aromatic carbocycles. The van der Waals surface area contributed by atoms with Gasteiger partial charge in [-0.25, -0.2) is 0 Å². The number of cyclic esters (lactones) is 1. The number of hydrogen-bond donors (Lipinski definition) is 0. The van der Waals surface area contributed by atoms with Crippen LogP contribution in [0.5, 0.6) is 0 Å². The predicted octanol–water partition coefficient (Wildman–Crippen LogP) is 0.113. The summed E-state index contributed by atoms with van der Waals surface area (Å²) in [6, 6.07) is 0. The molecule has 1 aliphatic rings. The first kappa shape index (κ1) is 8.04. The second-order valence-electron chi connectivity index (χ2n) is 2.26. The standard InChI is InChI=1S/C7H10O4/c1-2-10-6(8)5-3-4-11-7(5)9/h5H,2-4H2,1H3/t5-/m1/s1. The maximum absolute atomic E-state index is 10.9. The van der Waals surface area contributed by atoms with E-state index in [0.29, 0.717) is 19.6 Å². The molecule has 62 valence electrons. The molecule has 1 aliphatic heterocycles. The van der Waals surface area contributed by atoms with Crippen molar-refractivity contribution in [1.82, 2.24) is 0 Å². The Kier molecular flexibility index (Phi) is 2.46. The van der Waals surface area contributed by atoms with E-state index in [0.717, 1.165) is 0 Å². The van der Waals surface area contributed by atoms with Gasteiger partial charge in [0, 0.05) is 6.42 Å². The normalized spacial score (nSPS) is 23.0. The molecule has 1 saturated heterocycles. The molecule has 0 bridgehead atoms. The van der Waals surface area contributed by atoms with Crippen LogP contribution in [-0.2, 0) is 19.1 Å². The zero-order chi connectivity index (χ0) is 8.27. The predicted molar refractivity (Wildman–Crippen MR) is 35.7 cm³/mol. The summed E-state index contributed by atoms with van der Waals surface area (Å²) in [5.74, 6) is -1.59. The molecule has 0 saturated carbocycles. The average Bonchev–Trinajstić information content (AvgIpc) is 2.36. The summed E-state index contributed by atoms with van der Waals surface area (Å²) in [7, 11) is 0. The Hall–Kier alpha value is -1.06. The van der Waals surface area contributed by atoms with Crippen molar-refractivity contribution in [2.24, 2.45) is 5.92 Å². The van der Waals surface area contributed by atoms with Crippen LogP contribution in [0.2, 0.25) is 0 Å². The van der Waals surface area contributed by atoms with Crippen molar-refractivity contribution < 1.29 is 19.1 Å². The van der Waals surface area contributed by atoms with Crippen LogP contribution in [0, 0.1) is 5.92 Å².